The van der Waals surface area contributed by atoms with Gasteiger partial charge in [0.25, 0.3) is 0 Å². The molecule has 1 saturated carbocycles. The Kier molecular flexibility index (Phi) is 3.71. The van der Waals surface area contributed by atoms with Crippen molar-refractivity contribution in [2.24, 2.45) is 11.1 Å². The Balaban J connectivity index is 2.40. The van der Waals surface area contributed by atoms with Gasteiger partial charge in [0.1, 0.15) is 5.82 Å². The molecule has 2 N–H and O–H groups in total. The molecule has 106 valence electrons. The van der Waals surface area contributed by atoms with Crippen LogP contribution < -0.4 is 5.73 Å². The maximum atomic E-state index is 13.2. The first-order valence-electron chi connectivity index (χ1n) is 6.50. The fourth-order valence-corrected chi connectivity index (χ4v) is 4.90. The molecule has 2 rings (SSSR count). The van der Waals surface area contributed by atoms with Crippen LogP contribution in [0.15, 0.2) is 29.2 Å². The number of benzene rings is 1. The van der Waals surface area contributed by atoms with Gasteiger partial charge in [-0.2, -0.15) is 0 Å². The molecular weight excluding hydrogens is 265 g/mol. The van der Waals surface area contributed by atoms with Gasteiger partial charge in [0.05, 0.1) is 10.1 Å². The second-order valence-corrected chi connectivity index (χ2v) is 8.11. The molecule has 1 aliphatic carbocycles. The number of hydrogen-bond acceptors (Lipinski definition) is 3. The van der Waals surface area contributed by atoms with Crippen LogP contribution in [0.25, 0.3) is 0 Å². The minimum atomic E-state index is -3.57. The first kappa shape index (κ1) is 14.5. The van der Waals surface area contributed by atoms with Crippen LogP contribution in [0.4, 0.5) is 4.39 Å². The van der Waals surface area contributed by atoms with Gasteiger partial charge in [0.15, 0.2) is 9.84 Å². The third kappa shape index (κ3) is 2.67. The molecule has 19 heavy (non-hydrogen) atoms. The second-order valence-electron chi connectivity index (χ2n) is 5.95. The Morgan fingerprint density at radius 2 is 2.05 bits per heavy atom. The van der Waals surface area contributed by atoms with Crippen molar-refractivity contribution in [2.75, 3.05) is 0 Å². The maximum absolute atomic E-state index is 13.2. The Hall–Kier alpha value is -0.940. The fraction of sp³-hybridized carbons (Fsp3) is 0.571. The minimum Gasteiger partial charge on any atom is -0.326 e. The Labute approximate surface area is 113 Å². The van der Waals surface area contributed by atoms with E-state index in [4.69, 9.17) is 5.73 Å². The van der Waals surface area contributed by atoms with Crippen LogP contribution in [-0.2, 0) is 9.84 Å². The van der Waals surface area contributed by atoms with Crippen molar-refractivity contribution in [3.05, 3.63) is 30.1 Å². The maximum Gasteiger partial charge on any atom is 0.182 e. The summed E-state index contributed by atoms with van der Waals surface area (Å²) in [5.74, 6) is -0.537. The van der Waals surface area contributed by atoms with E-state index in [-0.39, 0.29) is 10.3 Å². The van der Waals surface area contributed by atoms with Crippen LogP contribution in [0.3, 0.4) is 0 Å². The molecule has 0 amide bonds. The van der Waals surface area contributed by atoms with E-state index in [9.17, 15) is 12.8 Å². The van der Waals surface area contributed by atoms with Crippen molar-refractivity contribution in [3.8, 4) is 0 Å². The molecule has 0 saturated heterocycles. The van der Waals surface area contributed by atoms with Gasteiger partial charge in [-0.05, 0) is 36.5 Å². The van der Waals surface area contributed by atoms with Crippen molar-refractivity contribution in [1.29, 1.82) is 0 Å². The molecule has 1 fully saturated rings. The van der Waals surface area contributed by atoms with Crippen molar-refractivity contribution in [3.63, 3.8) is 0 Å². The van der Waals surface area contributed by atoms with Crippen LogP contribution in [0.5, 0.6) is 0 Å². The third-order valence-corrected chi connectivity index (χ3v) is 6.37. The standard InChI is InChI=1S/C14H20FNO2S/c1-14(2)8-4-7-12(13(14)16)19(17,18)11-6-3-5-10(15)9-11/h3,5-6,9,12-13H,4,7-8,16H2,1-2H3. The summed E-state index contributed by atoms with van der Waals surface area (Å²) in [5, 5.41) is -0.627. The number of hydrogen-bond donors (Lipinski definition) is 1. The van der Waals surface area contributed by atoms with Gasteiger partial charge in [-0.1, -0.05) is 26.3 Å². The summed E-state index contributed by atoms with van der Waals surface area (Å²) < 4.78 is 38.4. The highest BCUT2D eigenvalue weighted by Crippen LogP contribution is 2.39. The summed E-state index contributed by atoms with van der Waals surface area (Å²) in [5.41, 5.74) is 5.94. The number of sulfone groups is 1. The zero-order chi connectivity index (χ0) is 14.3. The van der Waals surface area contributed by atoms with Crippen molar-refractivity contribution in [2.45, 2.75) is 49.3 Å². The van der Waals surface area contributed by atoms with E-state index in [1.54, 1.807) is 0 Å². The lowest BCUT2D eigenvalue weighted by molar-refractivity contribution is 0.204. The van der Waals surface area contributed by atoms with Crippen LogP contribution in [-0.4, -0.2) is 19.7 Å². The van der Waals surface area contributed by atoms with Crippen LogP contribution in [0, 0.1) is 11.2 Å². The fourth-order valence-electron chi connectivity index (χ4n) is 2.78. The summed E-state index contributed by atoms with van der Waals surface area (Å²) in [6, 6.07) is 4.75. The lowest BCUT2D eigenvalue weighted by atomic mass is 9.73. The summed E-state index contributed by atoms with van der Waals surface area (Å²) >= 11 is 0. The summed E-state index contributed by atoms with van der Waals surface area (Å²) in [6.45, 7) is 3.98. The smallest absolute Gasteiger partial charge is 0.182 e. The van der Waals surface area contributed by atoms with Gasteiger partial charge in [-0.25, -0.2) is 12.8 Å². The minimum absolute atomic E-state index is 0.0330. The molecule has 0 aromatic heterocycles. The van der Waals surface area contributed by atoms with Crippen molar-refractivity contribution >= 4 is 9.84 Å². The lowest BCUT2D eigenvalue weighted by Crippen LogP contribution is -2.52. The number of halogens is 1. The van der Waals surface area contributed by atoms with Gasteiger partial charge >= 0.3 is 0 Å². The quantitative estimate of drug-likeness (QED) is 0.908. The van der Waals surface area contributed by atoms with Crippen molar-refractivity contribution < 1.29 is 12.8 Å². The Morgan fingerprint density at radius 3 is 2.68 bits per heavy atom. The molecule has 0 spiro atoms. The predicted octanol–water partition coefficient (Wildman–Crippen LogP) is 2.51. The summed E-state index contributed by atoms with van der Waals surface area (Å²) in [6.07, 6.45) is 2.30. The van der Waals surface area contributed by atoms with E-state index in [0.717, 1.165) is 18.9 Å². The number of nitrogens with two attached hydrogens (primary N) is 1. The third-order valence-electron chi connectivity index (χ3n) is 4.14. The monoisotopic (exact) mass is 285 g/mol. The lowest BCUT2D eigenvalue weighted by Gasteiger charge is -2.41. The SMILES string of the molecule is CC1(C)CCCC(S(=O)(=O)c2cccc(F)c2)C1N. The summed E-state index contributed by atoms with van der Waals surface area (Å²) in [7, 11) is -3.57. The summed E-state index contributed by atoms with van der Waals surface area (Å²) in [4.78, 5) is 0.0330. The van der Waals surface area contributed by atoms with Gasteiger partial charge in [-0.3, -0.25) is 0 Å². The van der Waals surface area contributed by atoms with E-state index in [0.29, 0.717) is 6.42 Å². The van der Waals surface area contributed by atoms with E-state index >= 15 is 0 Å². The molecule has 3 nitrogen and oxygen atoms in total. The van der Waals surface area contributed by atoms with Gasteiger partial charge in [-0.15, -0.1) is 0 Å². The van der Waals surface area contributed by atoms with Gasteiger partial charge in [0, 0.05) is 6.04 Å². The average Bonchev–Trinajstić information content (AvgIpc) is 2.32. The van der Waals surface area contributed by atoms with E-state index < -0.39 is 26.9 Å². The zero-order valence-electron chi connectivity index (χ0n) is 11.3. The highest BCUT2D eigenvalue weighted by molar-refractivity contribution is 7.92. The Morgan fingerprint density at radius 1 is 1.37 bits per heavy atom. The van der Waals surface area contributed by atoms with E-state index in [1.807, 2.05) is 13.8 Å². The molecule has 0 radical (unpaired) electrons. The average molecular weight is 285 g/mol. The molecule has 5 heteroatoms. The van der Waals surface area contributed by atoms with Gasteiger partial charge in [0.2, 0.25) is 0 Å². The van der Waals surface area contributed by atoms with Crippen molar-refractivity contribution in [1.82, 2.24) is 0 Å². The second kappa shape index (κ2) is 4.87. The molecule has 2 atom stereocenters. The Bertz CT molecular complexity index is 569. The molecule has 0 heterocycles. The molecular formula is C14H20FNO2S. The molecule has 2 unspecified atom stereocenters. The molecule has 0 aliphatic heterocycles. The molecule has 1 aliphatic rings. The van der Waals surface area contributed by atoms with E-state index in [2.05, 4.69) is 0 Å². The molecule has 1 aromatic carbocycles. The van der Waals surface area contributed by atoms with Gasteiger partial charge < -0.3 is 5.73 Å². The first-order valence-corrected chi connectivity index (χ1v) is 8.05. The normalized spacial score (nSPS) is 27.2. The molecule has 0 bridgehead atoms. The van der Waals surface area contributed by atoms with Crippen LogP contribution >= 0.6 is 0 Å². The topological polar surface area (TPSA) is 60.2 Å². The zero-order valence-corrected chi connectivity index (χ0v) is 12.1. The first-order chi connectivity index (χ1) is 8.75. The highest BCUT2D eigenvalue weighted by atomic mass is 32.2. The largest absolute Gasteiger partial charge is 0.326 e. The van der Waals surface area contributed by atoms with Crippen LogP contribution in [0.1, 0.15) is 33.1 Å². The number of rotatable bonds is 2. The highest BCUT2D eigenvalue weighted by Gasteiger charge is 2.43. The molecule has 1 aromatic rings. The van der Waals surface area contributed by atoms with E-state index in [1.165, 1.54) is 18.2 Å². The van der Waals surface area contributed by atoms with Crippen LogP contribution in [0.2, 0.25) is 0 Å². The predicted molar refractivity (Wildman–Crippen MR) is 73.0 cm³/mol.